The Morgan fingerprint density at radius 1 is 1.32 bits per heavy atom. The van der Waals surface area contributed by atoms with Gasteiger partial charge >= 0.3 is 47.6 Å². The number of hydrogen-bond donors (Lipinski definition) is 1. The molecule has 0 aliphatic carbocycles. The summed E-state index contributed by atoms with van der Waals surface area (Å²) in [6.07, 6.45) is -4.18. The first-order chi connectivity index (χ1) is 11.0. The summed E-state index contributed by atoms with van der Waals surface area (Å²) in [5.74, 6) is -1.03. The zero-order valence-electron chi connectivity index (χ0n) is 13.8. The van der Waals surface area contributed by atoms with Crippen molar-refractivity contribution in [3.05, 3.63) is 41.1 Å². The molecular weight excluding hydrogens is 380 g/mol. The summed E-state index contributed by atoms with van der Waals surface area (Å²) in [6.45, 7) is 0. The van der Waals surface area contributed by atoms with Gasteiger partial charge in [-0.25, -0.2) is 22.7 Å². The maximum absolute atomic E-state index is 12.3. The molecule has 0 radical (unpaired) electrons. The fourth-order valence-corrected chi connectivity index (χ4v) is 2.67. The molecule has 1 N–H and O–H groups in total. The number of para-hydroxylation sites is 1. The molecule has 2 rings (SSSR count). The Balaban J connectivity index is 0.00000312. The number of carbonyl (C=O) groups is 1. The van der Waals surface area contributed by atoms with Crippen molar-refractivity contribution in [1.29, 1.82) is 0 Å². The molecule has 0 fully saturated rings. The van der Waals surface area contributed by atoms with E-state index in [2.05, 4.69) is 9.84 Å². The van der Waals surface area contributed by atoms with Gasteiger partial charge < -0.3 is 6.16 Å². The number of alkyl halides is 3. The first-order valence-electron chi connectivity index (χ1n) is 6.04. The van der Waals surface area contributed by atoms with Gasteiger partial charge in [0.1, 0.15) is 17.0 Å². The topological polar surface area (TPSA) is 112 Å². The molecule has 0 atom stereocenters. The summed E-state index contributed by atoms with van der Waals surface area (Å²) in [4.78, 5) is 22.4. The van der Waals surface area contributed by atoms with E-state index < -0.39 is 38.8 Å². The van der Waals surface area contributed by atoms with Crippen molar-refractivity contribution in [3.8, 4) is 5.75 Å². The van der Waals surface area contributed by atoms with Crippen molar-refractivity contribution < 1.29 is 62.1 Å². The fraction of sp³-hybridized carbons (Fsp3) is 0.182. The molecule has 1 aromatic carbocycles. The third-order valence-corrected chi connectivity index (χ3v) is 3.96. The smallest absolute Gasteiger partial charge is 1.00 e. The monoisotopic (exact) mass is 390 g/mol. The SMILES string of the molecule is Cn1cnn(C(=O)NS(=O)(=O)c2ccccc2OC(F)(F)F)c1=O.[H-].[Na+]. The van der Waals surface area contributed by atoms with Crippen LogP contribution in [0.4, 0.5) is 18.0 Å². The summed E-state index contributed by atoms with van der Waals surface area (Å²) in [5, 5.41) is 3.35. The van der Waals surface area contributed by atoms with Gasteiger partial charge in [0, 0.05) is 7.05 Å². The zero-order valence-corrected chi connectivity index (χ0v) is 15.6. The molecule has 0 saturated heterocycles. The number of nitrogens with zero attached hydrogens (tertiary/aromatic N) is 3. The molecule has 0 bridgehead atoms. The van der Waals surface area contributed by atoms with Gasteiger partial charge in [-0.1, -0.05) is 12.1 Å². The van der Waals surface area contributed by atoms with Crippen LogP contribution in [-0.4, -0.2) is 35.2 Å². The minimum Gasteiger partial charge on any atom is -1.00 e. The molecule has 1 amide bonds. The molecule has 0 aliphatic rings. The van der Waals surface area contributed by atoms with Crippen LogP contribution in [0.15, 0.2) is 40.3 Å². The van der Waals surface area contributed by atoms with Gasteiger partial charge in [-0.05, 0) is 12.1 Å². The van der Waals surface area contributed by atoms with Crippen molar-refractivity contribution >= 4 is 16.1 Å². The molecule has 2 aromatic rings. The second kappa shape index (κ2) is 7.59. The average molecular weight is 390 g/mol. The van der Waals surface area contributed by atoms with Crippen LogP contribution in [-0.2, 0) is 17.1 Å². The van der Waals surface area contributed by atoms with Gasteiger partial charge in [0.15, 0.2) is 0 Å². The number of aromatic nitrogens is 3. The number of carbonyl (C=O) groups excluding carboxylic acids is 1. The van der Waals surface area contributed by atoms with E-state index in [9.17, 15) is 31.2 Å². The molecule has 1 heterocycles. The molecule has 0 saturated carbocycles. The van der Waals surface area contributed by atoms with Crippen LogP contribution in [0.25, 0.3) is 0 Å². The Morgan fingerprint density at radius 2 is 1.92 bits per heavy atom. The molecule has 0 unspecified atom stereocenters. The predicted octanol–water partition coefficient (Wildman–Crippen LogP) is -2.46. The summed E-state index contributed by atoms with van der Waals surface area (Å²) in [6, 6.07) is 2.36. The molecule has 132 valence electrons. The van der Waals surface area contributed by atoms with Gasteiger partial charge in [0.25, 0.3) is 10.0 Å². The van der Waals surface area contributed by atoms with Crippen LogP contribution >= 0.6 is 0 Å². The van der Waals surface area contributed by atoms with Gasteiger partial charge in [-0.3, -0.25) is 4.57 Å². The number of ether oxygens (including phenoxy) is 1. The van der Waals surface area contributed by atoms with Crippen LogP contribution in [0.3, 0.4) is 0 Å². The van der Waals surface area contributed by atoms with Crippen LogP contribution in [0, 0.1) is 0 Å². The largest absolute Gasteiger partial charge is 1.00 e. The normalized spacial score (nSPS) is 11.5. The Morgan fingerprint density at radius 3 is 2.44 bits per heavy atom. The number of amides is 1. The average Bonchev–Trinajstić information content (AvgIpc) is 2.77. The Bertz CT molecular complexity index is 944. The molecule has 0 spiro atoms. The van der Waals surface area contributed by atoms with Gasteiger partial charge in [-0.2, -0.15) is 0 Å². The number of halogens is 3. The van der Waals surface area contributed by atoms with E-state index in [1.54, 1.807) is 0 Å². The van der Waals surface area contributed by atoms with Crippen molar-refractivity contribution in [3.63, 3.8) is 0 Å². The summed E-state index contributed by atoms with van der Waals surface area (Å²) < 4.78 is 67.4. The summed E-state index contributed by atoms with van der Waals surface area (Å²) in [5.41, 5.74) is -0.942. The Hall–Kier alpha value is -1.83. The van der Waals surface area contributed by atoms with E-state index >= 15 is 0 Å². The van der Waals surface area contributed by atoms with E-state index in [1.807, 2.05) is 0 Å². The maximum Gasteiger partial charge on any atom is 1.00 e. The van der Waals surface area contributed by atoms with E-state index in [-0.39, 0.29) is 35.7 Å². The number of nitrogens with one attached hydrogen (secondary N) is 1. The van der Waals surface area contributed by atoms with Crippen LogP contribution in [0.5, 0.6) is 5.75 Å². The molecule has 14 heteroatoms. The first kappa shape index (κ1) is 21.2. The maximum atomic E-state index is 12.3. The number of benzene rings is 1. The predicted molar refractivity (Wildman–Crippen MR) is 72.8 cm³/mol. The quantitative estimate of drug-likeness (QED) is 0.582. The number of hydrogen-bond acceptors (Lipinski definition) is 6. The molecule has 0 aliphatic heterocycles. The van der Waals surface area contributed by atoms with Crippen molar-refractivity contribution in [2.24, 2.45) is 7.05 Å². The minimum absolute atomic E-state index is 0. The molecule has 1 aromatic heterocycles. The van der Waals surface area contributed by atoms with Crippen LogP contribution in [0.2, 0.25) is 0 Å². The van der Waals surface area contributed by atoms with E-state index in [1.165, 1.54) is 11.8 Å². The van der Waals surface area contributed by atoms with Crippen molar-refractivity contribution in [1.82, 2.24) is 19.1 Å². The van der Waals surface area contributed by atoms with Crippen LogP contribution in [0.1, 0.15) is 1.43 Å². The van der Waals surface area contributed by atoms with E-state index in [0.717, 1.165) is 35.2 Å². The van der Waals surface area contributed by atoms with Crippen molar-refractivity contribution in [2.75, 3.05) is 0 Å². The van der Waals surface area contributed by atoms with Gasteiger partial charge in [0.05, 0.1) is 0 Å². The molecular formula is C11H10F3N4NaO5S. The second-order valence-electron chi connectivity index (χ2n) is 4.34. The molecule has 9 nitrogen and oxygen atoms in total. The fourth-order valence-electron chi connectivity index (χ4n) is 1.61. The number of sulfonamides is 1. The second-order valence-corrected chi connectivity index (χ2v) is 5.99. The van der Waals surface area contributed by atoms with E-state index in [4.69, 9.17) is 0 Å². The Labute approximate surface area is 162 Å². The first-order valence-corrected chi connectivity index (χ1v) is 7.52. The van der Waals surface area contributed by atoms with Crippen molar-refractivity contribution in [2.45, 2.75) is 11.3 Å². The standard InChI is InChI=1S/C11H9F3N4O5S.Na.H/c1-17-6-15-18(10(17)20)9(19)16-24(21,22)8-5-3-2-4-7(8)23-11(12,13)14;;/h2-6H,1H3,(H,16,19);;/q;+1;-1. The van der Waals surface area contributed by atoms with Gasteiger partial charge in [0.2, 0.25) is 0 Å². The van der Waals surface area contributed by atoms with Crippen LogP contribution < -0.4 is 44.7 Å². The molecule has 25 heavy (non-hydrogen) atoms. The third kappa shape index (κ3) is 5.07. The van der Waals surface area contributed by atoms with E-state index in [0.29, 0.717) is 0 Å². The summed E-state index contributed by atoms with van der Waals surface area (Å²) >= 11 is 0. The summed E-state index contributed by atoms with van der Waals surface area (Å²) in [7, 11) is -3.49. The number of rotatable bonds is 3. The van der Waals surface area contributed by atoms with Gasteiger partial charge in [-0.15, -0.1) is 23.0 Å². The Kier molecular flexibility index (Phi) is 6.44. The third-order valence-electron chi connectivity index (χ3n) is 2.60. The number of aryl methyl sites for hydroxylation is 1. The minimum atomic E-state index is -5.13. The zero-order chi connectivity index (χ0) is 18.1.